The smallest absolute Gasteiger partial charge is 0.351 e. The largest absolute Gasteiger partial charge is 0.465 e. The topological polar surface area (TPSA) is 52.1 Å². The molecule has 1 rings (SSSR count). The van der Waals surface area contributed by atoms with E-state index in [4.69, 9.17) is 0 Å². The summed E-state index contributed by atoms with van der Waals surface area (Å²) in [6.45, 7) is 0. The summed E-state index contributed by atoms with van der Waals surface area (Å²) < 4.78 is 8.13. The zero-order valence-electron chi connectivity index (χ0n) is 5.70. The van der Waals surface area contributed by atoms with Crippen LogP contribution < -0.4 is 0 Å². The summed E-state index contributed by atoms with van der Waals surface area (Å²) in [6, 6.07) is 0. The number of hydrogen-bond donors (Lipinski definition) is 0. The first-order valence-corrected chi connectivity index (χ1v) is 4.64. The van der Waals surface area contributed by atoms with Crippen molar-refractivity contribution < 1.29 is 9.53 Å². The van der Waals surface area contributed by atoms with Gasteiger partial charge in [-0.05, 0) is 11.5 Å². The van der Waals surface area contributed by atoms with Gasteiger partial charge < -0.3 is 4.74 Å². The van der Waals surface area contributed by atoms with Gasteiger partial charge in [0.25, 0.3) is 0 Å². The first-order chi connectivity index (χ1) is 5.29. The van der Waals surface area contributed by atoms with Gasteiger partial charge in [-0.3, -0.25) is 0 Å². The van der Waals surface area contributed by atoms with Gasteiger partial charge in [0.05, 0.1) is 7.11 Å². The molecule has 0 aliphatic heterocycles. The number of ether oxygens (including phenoxy) is 1. The van der Waals surface area contributed by atoms with Gasteiger partial charge in [0.2, 0.25) is 0 Å². The molecule has 4 nitrogen and oxygen atoms in total. The van der Waals surface area contributed by atoms with Crippen molar-refractivity contribution in [3.05, 3.63) is 10.6 Å². The van der Waals surface area contributed by atoms with Crippen LogP contribution in [0.5, 0.6) is 0 Å². The summed E-state index contributed by atoms with van der Waals surface area (Å²) in [5.74, 6) is -0.380. The molecule has 1 aromatic rings. The first-order valence-electron chi connectivity index (χ1n) is 2.75. The standard InChI is InChI=1S/C5H5BrN2O2S/c1-10-5(9)4-3(2-6)7-8-11-4/h2H2,1H3. The summed E-state index contributed by atoms with van der Waals surface area (Å²) in [6.07, 6.45) is 0. The average molecular weight is 237 g/mol. The highest BCUT2D eigenvalue weighted by Crippen LogP contribution is 2.14. The van der Waals surface area contributed by atoms with E-state index in [1.54, 1.807) is 0 Å². The minimum Gasteiger partial charge on any atom is -0.465 e. The van der Waals surface area contributed by atoms with Crippen LogP contribution >= 0.6 is 27.5 Å². The van der Waals surface area contributed by atoms with Crippen molar-refractivity contribution in [3.8, 4) is 0 Å². The Balaban J connectivity index is 2.92. The molecule has 0 aliphatic carbocycles. The Kier molecular flexibility index (Phi) is 2.95. The molecule has 0 fully saturated rings. The fraction of sp³-hybridized carbons (Fsp3) is 0.400. The molecule has 6 heteroatoms. The second kappa shape index (κ2) is 3.77. The second-order valence-electron chi connectivity index (χ2n) is 1.67. The second-order valence-corrected chi connectivity index (χ2v) is 2.99. The highest BCUT2D eigenvalue weighted by molar-refractivity contribution is 9.08. The maximum atomic E-state index is 10.9. The number of nitrogens with zero attached hydrogens (tertiary/aromatic N) is 2. The molecule has 0 unspecified atom stereocenters. The van der Waals surface area contributed by atoms with E-state index < -0.39 is 0 Å². The summed E-state index contributed by atoms with van der Waals surface area (Å²) in [5, 5.41) is 4.25. The van der Waals surface area contributed by atoms with Crippen molar-refractivity contribution in [1.29, 1.82) is 0 Å². The number of methoxy groups -OCH3 is 1. The van der Waals surface area contributed by atoms with Crippen LogP contribution in [0, 0.1) is 0 Å². The molecule has 0 radical (unpaired) electrons. The average Bonchev–Trinajstić information content (AvgIpc) is 2.50. The number of esters is 1. The highest BCUT2D eigenvalue weighted by Gasteiger charge is 2.14. The van der Waals surface area contributed by atoms with Crippen LogP contribution in [0.25, 0.3) is 0 Å². The molecule has 0 spiro atoms. The lowest BCUT2D eigenvalue weighted by molar-refractivity contribution is 0.0605. The van der Waals surface area contributed by atoms with Gasteiger partial charge in [0.1, 0.15) is 5.69 Å². The van der Waals surface area contributed by atoms with Gasteiger partial charge >= 0.3 is 5.97 Å². The van der Waals surface area contributed by atoms with Crippen molar-refractivity contribution >= 4 is 33.4 Å². The molecule has 60 valence electrons. The number of aromatic nitrogens is 2. The van der Waals surface area contributed by atoms with Gasteiger partial charge in [-0.1, -0.05) is 20.4 Å². The predicted molar refractivity (Wildman–Crippen MR) is 43.9 cm³/mol. The highest BCUT2D eigenvalue weighted by atomic mass is 79.9. The molecular weight excluding hydrogens is 232 g/mol. The molecule has 0 saturated carbocycles. The molecule has 0 saturated heterocycles. The van der Waals surface area contributed by atoms with Crippen LogP contribution in [0.15, 0.2) is 0 Å². The Morgan fingerprint density at radius 1 is 1.82 bits per heavy atom. The predicted octanol–water partition coefficient (Wildman–Crippen LogP) is 1.22. The van der Waals surface area contributed by atoms with Crippen molar-refractivity contribution in [2.75, 3.05) is 7.11 Å². The fourth-order valence-corrected chi connectivity index (χ4v) is 1.72. The van der Waals surface area contributed by atoms with Crippen LogP contribution in [-0.4, -0.2) is 22.7 Å². The van der Waals surface area contributed by atoms with Crippen LogP contribution in [-0.2, 0) is 10.1 Å². The van der Waals surface area contributed by atoms with Crippen LogP contribution in [0.3, 0.4) is 0 Å². The maximum absolute atomic E-state index is 10.9. The zero-order valence-corrected chi connectivity index (χ0v) is 8.11. The minimum absolute atomic E-state index is 0.380. The van der Waals surface area contributed by atoms with Gasteiger partial charge in [-0.25, -0.2) is 4.79 Å². The SMILES string of the molecule is COC(=O)c1snnc1CBr. The fourth-order valence-electron chi connectivity index (χ4n) is 0.544. The van der Waals surface area contributed by atoms with Crippen LogP contribution in [0.4, 0.5) is 0 Å². The number of carbonyl (C=O) groups excluding carboxylic acids is 1. The van der Waals surface area contributed by atoms with E-state index in [1.165, 1.54) is 7.11 Å². The minimum atomic E-state index is -0.380. The van der Waals surface area contributed by atoms with Crippen molar-refractivity contribution in [2.24, 2.45) is 0 Å². The Morgan fingerprint density at radius 2 is 2.55 bits per heavy atom. The first kappa shape index (κ1) is 8.61. The Labute approximate surface area is 75.9 Å². The number of alkyl halides is 1. The van der Waals surface area contributed by atoms with Crippen molar-refractivity contribution in [1.82, 2.24) is 9.59 Å². The van der Waals surface area contributed by atoms with E-state index >= 15 is 0 Å². The van der Waals surface area contributed by atoms with Gasteiger partial charge in [0, 0.05) is 5.33 Å². The van der Waals surface area contributed by atoms with Gasteiger partial charge in [-0.2, -0.15) is 0 Å². The number of rotatable bonds is 2. The zero-order chi connectivity index (χ0) is 8.27. The monoisotopic (exact) mass is 236 g/mol. The Hall–Kier alpha value is -0.490. The van der Waals surface area contributed by atoms with E-state index in [-0.39, 0.29) is 5.97 Å². The molecule has 1 heterocycles. The molecular formula is C5H5BrN2O2S. The van der Waals surface area contributed by atoms with E-state index in [9.17, 15) is 4.79 Å². The number of carbonyl (C=O) groups is 1. The lowest BCUT2D eigenvalue weighted by Crippen LogP contribution is -2.01. The molecule has 0 N–H and O–H groups in total. The maximum Gasteiger partial charge on any atom is 0.351 e. The summed E-state index contributed by atoms with van der Waals surface area (Å²) >= 11 is 4.22. The molecule has 0 atom stereocenters. The summed E-state index contributed by atoms with van der Waals surface area (Å²) in [5.41, 5.74) is 0.627. The molecule has 11 heavy (non-hydrogen) atoms. The van der Waals surface area contributed by atoms with Gasteiger partial charge in [-0.15, -0.1) is 5.10 Å². The third kappa shape index (κ3) is 1.75. The third-order valence-electron chi connectivity index (χ3n) is 1.05. The summed E-state index contributed by atoms with van der Waals surface area (Å²) in [7, 11) is 1.33. The van der Waals surface area contributed by atoms with Gasteiger partial charge in [0.15, 0.2) is 4.88 Å². The molecule has 0 amide bonds. The lowest BCUT2D eigenvalue weighted by Gasteiger charge is -1.93. The Morgan fingerprint density at radius 3 is 3.09 bits per heavy atom. The van der Waals surface area contributed by atoms with Crippen LogP contribution in [0.2, 0.25) is 0 Å². The van der Waals surface area contributed by atoms with Crippen molar-refractivity contribution in [3.63, 3.8) is 0 Å². The van der Waals surface area contributed by atoms with Crippen LogP contribution in [0.1, 0.15) is 15.4 Å². The molecule has 0 aliphatic rings. The Bertz CT molecular complexity index is 263. The van der Waals surface area contributed by atoms with E-state index in [2.05, 4.69) is 30.3 Å². The molecule has 0 aromatic carbocycles. The number of hydrogen-bond acceptors (Lipinski definition) is 5. The van der Waals surface area contributed by atoms with E-state index in [1.807, 2.05) is 0 Å². The third-order valence-corrected chi connectivity index (χ3v) is 2.33. The quantitative estimate of drug-likeness (QED) is 0.573. The lowest BCUT2D eigenvalue weighted by atomic mass is 10.4. The van der Waals surface area contributed by atoms with E-state index in [0.717, 1.165) is 11.5 Å². The normalized spacial score (nSPS) is 9.64. The number of halogens is 1. The van der Waals surface area contributed by atoms with Crippen molar-refractivity contribution in [2.45, 2.75) is 5.33 Å². The summed E-state index contributed by atoms with van der Waals surface area (Å²) in [4.78, 5) is 11.4. The van der Waals surface area contributed by atoms with E-state index in [0.29, 0.717) is 15.9 Å². The molecule has 1 aromatic heterocycles. The molecule has 0 bridgehead atoms.